The predicted octanol–water partition coefficient (Wildman–Crippen LogP) is 0.687. The fraction of sp³-hybridized carbons (Fsp3) is 0.500. The maximum atomic E-state index is 15.3. The molecule has 5 amide bonds. The SMILES string of the molecule is NC(=O)c1ccc(N2CCC(N3CC4(CCN(c5cc6c(cc5F)C(=O)N(C5CCC(=O)NC5=O)C6=O)CC4)C3)CC2)nn1. The van der Waals surface area contributed by atoms with Crippen LogP contribution in [0.4, 0.5) is 15.9 Å². The lowest BCUT2D eigenvalue weighted by Crippen LogP contribution is -2.64. The number of amides is 5. The molecule has 4 fully saturated rings. The maximum Gasteiger partial charge on any atom is 0.269 e. The van der Waals surface area contributed by atoms with Crippen molar-refractivity contribution in [2.24, 2.45) is 11.1 Å². The molecule has 7 rings (SSSR count). The van der Waals surface area contributed by atoms with Crippen LogP contribution in [0.2, 0.25) is 0 Å². The first-order chi connectivity index (χ1) is 21.1. The van der Waals surface area contributed by atoms with E-state index in [0.717, 1.165) is 68.6 Å². The van der Waals surface area contributed by atoms with Gasteiger partial charge in [-0.3, -0.25) is 39.1 Å². The number of nitrogens with zero attached hydrogens (tertiary/aromatic N) is 6. The minimum absolute atomic E-state index is 0.0266. The van der Waals surface area contributed by atoms with Gasteiger partial charge in [-0.15, -0.1) is 10.2 Å². The van der Waals surface area contributed by atoms with Gasteiger partial charge in [0.1, 0.15) is 11.9 Å². The summed E-state index contributed by atoms with van der Waals surface area (Å²) in [7, 11) is 0. The number of fused-ring (bicyclic) bond motifs is 1. The molecule has 4 saturated heterocycles. The van der Waals surface area contributed by atoms with Gasteiger partial charge in [-0.2, -0.15) is 0 Å². The molecule has 0 radical (unpaired) electrons. The highest BCUT2D eigenvalue weighted by atomic mass is 19.1. The lowest BCUT2D eigenvalue weighted by atomic mass is 9.70. The molecule has 1 unspecified atom stereocenters. The van der Waals surface area contributed by atoms with Gasteiger partial charge in [0.2, 0.25) is 11.8 Å². The number of rotatable bonds is 5. The smallest absolute Gasteiger partial charge is 0.269 e. The topological polar surface area (TPSA) is 162 Å². The Bertz CT molecular complexity index is 1560. The Morgan fingerprint density at radius 2 is 1.59 bits per heavy atom. The van der Waals surface area contributed by atoms with Crippen LogP contribution in [0.5, 0.6) is 0 Å². The number of nitrogens with two attached hydrogens (primary N) is 1. The first-order valence-corrected chi connectivity index (χ1v) is 15.1. The average molecular weight is 605 g/mol. The second-order valence-electron chi connectivity index (χ2n) is 12.5. The second-order valence-corrected chi connectivity index (χ2v) is 12.5. The molecule has 0 bridgehead atoms. The summed E-state index contributed by atoms with van der Waals surface area (Å²) in [6.45, 7) is 4.99. The molecule has 1 atom stereocenters. The first kappa shape index (κ1) is 28.3. The third kappa shape index (κ3) is 4.77. The van der Waals surface area contributed by atoms with Crippen molar-refractivity contribution >= 4 is 41.0 Å². The minimum Gasteiger partial charge on any atom is -0.369 e. The third-order valence-corrected chi connectivity index (χ3v) is 9.96. The normalized spacial score (nSPS) is 24.0. The van der Waals surface area contributed by atoms with Gasteiger partial charge >= 0.3 is 0 Å². The van der Waals surface area contributed by atoms with Gasteiger partial charge in [0, 0.05) is 51.7 Å². The summed E-state index contributed by atoms with van der Waals surface area (Å²) in [5.41, 5.74) is 5.93. The maximum absolute atomic E-state index is 15.3. The molecule has 1 spiro atoms. The van der Waals surface area contributed by atoms with Crippen LogP contribution < -0.4 is 20.9 Å². The van der Waals surface area contributed by atoms with Gasteiger partial charge in [-0.05, 0) is 61.8 Å². The Morgan fingerprint density at radius 1 is 0.909 bits per heavy atom. The van der Waals surface area contributed by atoms with E-state index in [9.17, 15) is 24.0 Å². The molecule has 5 aliphatic heterocycles. The molecule has 44 heavy (non-hydrogen) atoms. The number of anilines is 2. The van der Waals surface area contributed by atoms with Gasteiger partial charge in [-0.25, -0.2) is 4.39 Å². The monoisotopic (exact) mass is 604 g/mol. The lowest BCUT2D eigenvalue weighted by molar-refractivity contribution is -0.136. The highest BCUT2D eigenvalue weighted by Gasteiger charge is 2.48. The highest BCUT2D eigenvalue weighted by Crippen LogP contribution is 2.44. The Labute approximate surface area is 252 Å². The Hall–Kier alpha value is -4.46. The lowest BCUT2D eigenvalue weighted by Gasteiger charge is -2.57. The summed E-state index contributed by atoms with van der Waals surface area (Å²) >= 11 is 0. The Morgan fingerprint density at radius 3 is 2.20 bits per heavy atom. The number of hydrogen-bond donors (Lipinski definition) is 2. The number of aromatic nitrogens is 2. The van der Waals surface area contributed by atoms with E-state index in [4.69, 9.17) is 5.73 Å². The summed E-state index contributed by atoms with van der Waals surface area (Å²) in [5.74, 6) is -2.90. The van der Waals surface area contributed by atoms with Crippen molar-refractivity contribution in [3.63, 3.8) is 0 Å². The molecule has 230 valence electrons. The third-order valence-electron chi connectivity index (χ3n) is 9.96. The molecule has 13 nitrogen and oxygen atoms in total. The van der Waals surface area contributed by atoms with E-state index in [0.29, 0.717) is 24.8 Å². The molecule has 0 saturated carbocycles. The summed E-state index contributed by atoms with van der Waals surface area (Å²) < 4.78 is 15.3. The number of likely N-dealkylation sites (tertiary alicyclic amines) is 1. The number of hydrogen-bond acceptors (Lipinski definition) is 10. The van der Waals surface area contributed by atoms with E-state index >= 15 is 4.39 Å². The summed E-state index contributed by atoms with van der Waals surface area (Å²) in [5, 5.41) is 10.2. The van der Waals surface area contributed by atoms with Crippen LogP contribution >= 0.6 is 0 Å². The molecule has 1 aromatic carbocycles. The number of carbonyl (C=O) groups is 5. The van der Waals surface area contributed by atoms with Crippen LogP contribution in [-0.4, -0.2) is 101 Å². The number of halogens is 1. The van der Waals surface area contributed by atoms with Crippen LogP contribution in [0, 0.1) is 11.2 Å². The van der Waals surface area contributed by atoms with Crippen LogP contribution in [0.1, 0.15) is 69.7 Å². The van der Waals surface area contributed by atoms with E-state index in [1.807, 2.05) is 4.90 Å². The molecule has 5 aliphatic rings. The van der Waals surface area contributed by atoms with E-state index in [1.165, 1.54) is 6.07 Å². The van der Waals surface area contributed by atoms with Crippen LogP contribution in [-0.2, 0) is 9.59 Å². The number of nitrogens with one attached hydrogen (secondary N) is 1. The zero-order valence-corrected chi connectivity index (χ0v) is 24.1. The predicted molar refractivity (Wildman–Crippen MR) is 154 cm³/mol. The van der Waals surface area contributed by atoms with Crippen molar-refractivity contribution < 1.29 is 28.4 Å². The number of primary amides is 1. The molecular formula is C30H33FN8O5. The quantitative estimate of drug-likeness (QED) is 0.465. The van der Waals surface area contributed by atoms with Crippen molar-refractivity contribution in [2.75, 3.05) is 49.1 Å². The average Bonchev–Trinajstić information content (AvgIpc) is 3.24. The van der Waals surface area contributed by atoms with Crippen LogP contribution in [0.15, 0.2) is 24.3 Å². The van der Waals surface area contributed by atoms with Gasteiger partial charge in [0.05, 0.1) is 16.8 Å². The molecule has 1 aromatic heterocycles. The fourth-order valence-electron chi connectivity index (χ4n) is 7.42. The van der Waals surface area contributed by atoms with Crippen LogP contribution in [0.25, 0.3) is 0 Å². The van der Waals surface area contributed by atoms with Crippen molar-refractivity contribution in [3.8, 4) is 0 Å². The molecule has 0 aliphatic carbocycles. The molecule has 2 aromatic rings. The molecule has 14 heteroatoms. The number of imide groups is 2. The Kier molecular flexibility index (Phi) is 6.83. The summed E-state index contributed by atoms with van der Waals surface area (Å²) in [6.07, 6.45) is 3.89. The van der Waals surface area contributed by atoms with Gasteiger partial charge < -0.3 is 15.5 Å². The standard InChI is InChI=1S/C30H33FN8O5/c31-20-13-18-19(29(44)39(28(18)43)22-2-4-25(40)33-27(22)42)14-23(20)36-11-7-30(8-12-36)15-38(16-30)17-5-9-37(10-6-17)24-3-1-21(26(32)41)34-35-24/h1,3,13-14,17,22H,2,4-12,15-16H2,(H2,32,41)(H,33,40,42). The first-order valence-electron chi connectivity index (χ1n) is 15.1. The summed E-state index contributed by atoms with van der Waals surface area (Å²) in [4.78, 5) is 68.9. The minimum atomic E-state index is -1.08. The van der Waals surface area contributed by atoms with E-state index in [-0.39, 0.29) is 35.1 Å². The number of piperidine rings is 3. The summed E-state index contributed by atoms with van der Waals surface area (Å²) in [6, 6.07) is 5.34. The highest BCUT2D eigenvalue weighted by molar-refractivity contribution is 6.23. The zero-order chi connectivity index (χ0) is 30.7. The van der Waals surface area contributed by atoms with Crippen LogP contribution in [0.3, 0.4) is 0 Å². The number of carbonyl (C=O) groups excluding carboxylic acids is 5. The zero-order valence-electron chi connectivity index (χ0n) is 24.1. The second kappa shape index (κ2) is 10.6. The van der Waals surface area contributed by atoms with E-state index in [1.54, 1.807) is 12.1 Å². The molecular weight excluding hydrogens is 571 g/mol. The van der Waals surface area contributed by atoms with Crippen molar-refractivity contribution in [3.05, 3.63) is 46.9 Å². The number of benzene rings is 1. The van der Waals surface area contributed by atoms with Crippen molar-refractivity contribution in [1.29, 1.82) is 0 Å². The van der Waals surface area contributed by atoms with E-state index < -0.39 is 41.4 Å². The van der Waals surface area contributed by atoms with Crippen molar-refractivity contribution in [1.82, 2.24) is 25.3 Å². The van der Waals surface area contributed by atoms with Crippen molar-refractivity contribution in [2.45, 2.75) is 50.6 Å². The molecule has 6 heterocycles. The van der Waals surface area contributed by atoms with Gasteiger partial charge in [0.25, 0.3) is 17.7 Å². The van der Waals surface area contributed by atoms with Gasteiger partial charge in [0.15, 0.2) is 11.5 Å². The Balaban J connectivity index is 0.941. The van der Waals surface area contributed by atoms with Gasteiger partial charge in [-0.1, -0.05) is 0 Å². The largest absolute Gasteiger partial charge is 0.369 e. The van der Waals surface area contributed by atoms with E-state index in [2.05, 4.69) is 25.3 Å². The fourth-order valence-corrected chi connectivity index (χ4v) is 7.42. The molecule has 3 N–H and O–H groups in total.